The van der Waals surface area contributed by atoms with Gasteiger partial charge in [0.1, 0.15) is 11.9 Å². The van der Waals surface area contributed by atoms with Crippen LogP contribution in [-0.4, -0.2) is 9.38 Å². The van der Waals surface area contributed by atoms with Gasteiger partial charge in [-0.3, -0.25) is 4.40 Å². The van der Waals surface area contributed by atoms with Gasteiger partial charge >= 0.3 is 6.18 Å². The molecule has 0 spiro atoms. The molecule has 4 nitrogen and oxygen atoms in total. The van der Waals surface area contributed by atoms with Gasteiger partial charge in [0.05, 0.1) is 22.2 Å². The van der Waals surface area contributed by atoms with Crippen molar-refractivity contribution in [3.05, 3.63) is 70.8 Å². The number of nitrogens with zero attached hydrogens (tertiary/aromatic N) is 3. The van der Waals surface area contributed by atoms with Crippen molar-refractivity contribution in [1.82, 2.24) is 9.38 Å². The highest BCUT2D eigenvalue weighted by molar-refractivity contribution is 5.87. The summed E-state index contributed by atoms with van der Waals surface area (Å²) in [5.41, 5.74) is 4.67. The number of para-hydroxylation sites is 2. The van der Waals surface area contributed by atoms with E-state index in [4.69, 9.17) is 4.98 Å². The maximum atomic E-state index is 12.9. The van der Waals surface area contributed by atoms with Crippen molar-refractivity contribution in [2.45, 2.75) is 31.9 Å². The zero-order valence-electron chi connectivity index (χ0n) is 15.9. The molecule has 0 atom stereocenters. The van der Waals surface area contributed by atoms with Gasteiger partial charge in [0, 0.05) is 5.69 Å². The summed E-state index contributed by atoms with van der Waals surface area (Å²) in [5.74, 6) is 0.771. The molecule has 0 radical (unpaired) electrons. The van der Waals surface area contributed by atoms with Crippen molar-refractivity contribution in [3.63, 3.8) is 0 Å². The molecule has 0 saturated carbocycles. The van der Waals surface area contributed by atoms with Crippen LogP contribution in [0.2, 0.25) is 0 Å². The number of rotatable bonds is 2. The molecule has 0 unspecified atom stereocenters. The first-order chi connectivity index (χ1) is 14.5. The summed E-state index contributed by atoms with van der Waals surface area (Å²) in [6, 6.07) is 15.0. The third-order valence-electron chi connectivity index (χ3n) is 5.65. The summed E-state index contributed by atoms with van der Waals surface area (Å²) in [5, 5.41) is 13.2. The number of imidazole rings is 1. The fourth-order valence-electron chi connectivity index (χ4n) is 4.26. The molecule has 0 saturated heterocycles. The second-order valence-corrected chi connectivity index (χ2v) is 7.46. The standard InChI is InChI=1S/C23H17F3N4/c24-23(25,26)14-9-11-15(12-10-14)28-21-17-6-2-1-5-16(17)18(13-27)22-29-19-7-3-4-8-20(19)30(21)22/h3-4,7-12,28H,1-2,5-6H2. The lowest BCUT2D eigenvalue weighted by atomic mass is 9.89. The predicted molar refractivity (Wildman–Crippen MR) is 109 cm³/mol. The number of nitriles is 1. The van der Waals surface area contributed by atoms with Crippen LogP contribution in [-0.2, 0) is 19.0 Å². The van der Waals surface area contributed by atoms with Crippen LogP contribution in [0.3, 0.4) is 0 Å². The SMILES string of the molecule is N#Cc1c2c(c(Nc3ccc(C(F)(F)F)cc3)n3c1nc1ccccc13)CCCC2. The van der Waals surface area contributed by atoms with E-state index in [-0.39, 0.29) is 0 Å². The number of halogens is 3. The third-order valence-corrected chi connectivity index (χ3v) is 5.65. The maximum absolute atomic E-state index is 12.9. The summed E-state index contributed by atoms with van der Waals surface area (Å²) in [4.78, 5) is 4.69. The average molecular weight is 406 g/mol. The number of anilines is 2. The number of pyridine rings is 1. The van der Waals surface area contributed by atoms with Gasteiger partial charge in [0.25, 0.3) is 0 Å². The highest BCUT2D eigenvalue weighted by Crippen LogP contribution is 2.37. The third kappa shape index (κ3) is 2.88. The molecule has 2 aromatic carbocycles. The molecule has 2 aromatic heterocycles. The predicted octanol–water partition coefficient (Wildman–Crippen LogP) is 6.00. The fourth-order valence-corrected chi connectivity index (χ4v) is 4.26. The number of hydrogen-bond acceptors (Lipinski definition) is 3. The molecule has 5 rings (SSSR count). The molecule has 0 bridgehead atoms. The average Bonchev–Trinajstić information content (AvgIpc) is 3.13. The fraction of sp³-hybridized carbons (Fsp3) is 0.217. The lowest BCUT2D eigenvalue weighted by Crippen LogP contribution is -2.13. The highest BCUT2D eigenvalue weighted by atomic mass is 19.4. The maximum Gasteiger partial charge on any atom is 0.416 e. The van der Waals surface area contributed by atoms with Crippen molar-refractivity contribution in [2.24, 2.45) is 0 Å². The zero-order valence-corrected chi connectivity index (χ0v) is 15.9. The second-order valence-electron chi connectivity index (χ2n) is 7.46. The Kier molecular flexibility index (Phi) is 4.17. The quantitative estimate of drug-likeness (QED) is 0.444. The molecule has 1 aliphatic rings. The molecule has 2 heterocycles. The Morgan fingerprint density at radius 2 is 1.67 bits per heavy atom. The summed E-state index contributed by atoms with van der Waals surface area (Å²) in [7, 11) is 0. The molecule has 1 aliphatic carbocycles. The van der Waals surface area contributed by atoms with Crippen molar-refractivity contribution in [2.75, 3.05) is 5.32 Å². The number of alkyl halides is 3. The molecule has 4 aromatic rings. The van der Waals surface area contributed by atoms with E-state index in [1.165, 1.54) is 12.1 Å². The van der Waals surface area contributed by atoms with Gasteiger partial charge in [-0.25, -0.2) is 4.98 Å². The van der Waals surface area contributed by atoms with Crippen LogP contribution in [0.4, 0.5) is 24.7 Å². The van der Waals surface area contributed by atoms with E-state index < -0.39 is 11.7 Å². The lowest BCUT2D eigenvalue weighted by Gasteiger charge is -2.23. The van der Waals surface area contributed by atoms with Crippen LogP contribution in [0.25, 0.3) is 16.7 Å². The Morgan fingerprint density at radius 1 is 0.967 bits per heavy atom. The van der Waals surface area contributed by atoms with Gasteiger partial charge in [0.2, 0.25) is 0 Å². The summed E-state index contributed by atoms with van der Waals surface area (Å²) < 4.78 is 40.7. The molecule has 150 valence electrons. The number of hydrogen-bond donors (Lipinski definition) is 1. The van der Waals surface area contributed by atoms with Crippen molar-refractivity contribution in [1.29, 1.82) is 5.26 Å². The number of aromatic nitrogens is 2. The van der Waals surface area contributed by atoms with E-state index in [0.29, 0.717) is 16.9 Å². The first-order valence-corrected chi connectivity index (χ1v) is 9.76. The Hall–Kier alpha value is -3.53. The smallest absolute Gasteiger partial charge is 0.341 e. The number of nitrogens with one attached hydrogen (secondary N) is 1. The molecule has 1 N–H and O–H groups in total. The molecular formula is C23H17F3N4. The van der Waals surface area contributed by atoms with Crippen LogP contribution in [0, 0.1) is 11.3 Å². The monoisotopic (exact) mass is 406 g/mol. The van der Waals surface area contributed by atoms with E-state index in [1.807, 2.05) is 28.7 Å². The van der Waals surface area contributed by atoms with Crippen LogP contribution < -0.4 is 5.32 Å². The molecule has 30 heavy (non-hydrogen) atoms. The van der Waals surface area contributed by atoms with E-state index in [0.717, 1.165) is 65.8 Å². The van der Waals surface area contributed by atoms with E-state index in [9.17, 15) is 18.4 Å². The second kappa shape index (κ2) is 6.77. The first kappa shape index (κ1) is 18.5. The normalized spacial score (nSPS) is 13.9. The van der Waals surface area contributed by atoms with Gasteiger partial charge in [-0.2, -0.15) is 18.4 Å². The minimum atomic E-state index is -4.38. The molecule has 0 aliphatic heterocycles. The summed E-state index contributed by atoms with van der Waals surface area (Å²) in [6.45, 7) is 0. The van der Waals surface area contributed by atoms with Gasteiger partial charge in [0.15, 0.2) is 5.65 Å². The molecule has 7 heteroatoms. The Bertz CT molecular complexity index is 1310. The van der Waals surface area contributed by atoms with Crippen molar-refractivity contribution in [3.8, 4) is 6.07 Å². The number of fused-ring (bicyclic) bond motifs is 4. The van der Waals surface area contributed by atoms with E-state index in [1.54, 1.807) is 0 Å². The van der Waals surface area contributed by atoms with Crippen LogP contribution in [0.1, 0.15) is 35.1 Å². The van der Waals surface area contributed by atoms with Gasteiger partial charge in [-0.15, -0.1) is 0 Å². The van der Waals surface area contributed by atoms with Crippen molar-refractivity contribution < 1.29 is 13.2 Å². The Morgan fingerprint density at radius 3 is 2.37 bits per heavy atom. The highest BCUT2D eigenvalue weighted by Gasteiger charge is 2.30. The van der Waals surface area contributed by atoms with Gasteiger partial charge < -0.3 is 5.32 Å². The Labute approximate surface area is 170 Å². The van der Waals surface area contributed by atoms with Crippen LogP contribution in [0.15, 0.2) is 48.5 Å². The van der Waals surface area contributed by atoms with Crippen molar-refractivity contribution >= 4 is 28.2 Å². The first-order valence-electron chi connectivity index (χ1n) is 9.76. The number of benzene rings is 2. The summed E-state index contributed by atoms with van der Waals surface area (Å²) >= 11 is 0. The molecular weight excluding hydrogens is 389 g/mol. The molecule has 0 fully saturated rings. The van der Waals surface area contributed by atoms with Crippen LogP contribution in [0.5, 0.6) is 0 Å². The lowest BCUT2D eigenvalue weighted by molar-refractivity contribution is -0.137. The molecule has 0 amide bonds. The van der Waals surface area contributed by atoms with Crippen LogP contribution >= 0.6 is 0 Å². The van der Waals surface area contributed by atoms with E-state index in [2.05, 4.69) is 11.4 Å². The Balaban J connectivity index is 1.75. The topological polar surface area (TPSA) is 53.1 Å². The minimum Gasteiger partial charge on any atom is -0.341 e. The van der Waals surface area contributed by atoms with E-state index >= 15 is 0 Å². The largest absolute Gasteiger partial charge is 0.416 e. The zero-order chi connectivity index (χ0) is 20.9. The summed E-state index contributed by atoms with van der Waals surface area (Å²) in [6.07, 6.45) is -0.787. The van der Waals surface area contributed by atoms with Gasteiger partial charge in [-0.05, 0) is 73.2 Å². The minimum absolute atomic E-state index is 0.555. The van der Waals surface area contributed by atoms with Gasteiger partial charge in [-0.1, -0.05) is 12.1 Å².